The second-order valence-corrected chi connectivity index (χ2v) is 10.4. The third-order valence-corrected chi connectivity index (χ3v) is 7.48. The molecule has 1 aliphatic rings. The predicted molar refractivity (Wildman–Crippen MR) is 129 cm³/mol. The van der Waals surface area contributed by atoms with E-state index < -0.39 is 10.0 Å². The Hall–Kier alpha value is -2.33. The number of ether oxygens (including phenoxy) is 2. The molecule has 3 atom stereocenters. The van der Waals surface area contributed by atoms with Crippen molar-refractivity contribution in [3.63, 3.8) is 0 Å². The zero-order valence-electron chi connectivity index (χ0n) is 19.2. The third-order valence-electron chi connectivity index (χ3n) is 5.60. The Morgan fingerprint density at radius 1 is 1.21 bits per heavy atom. The van der Waals surface area contributed by atoms with Crippen LogP contribution in [0.3, 0.4) is 0 Å². The van der Waals surface area contributed by atoms with E-state index in [1.165, 1.54) is 18.2 Å². The molecule has 8 nitrogen and oxygen atoms in total. The van der Waals surface area contributed by atoms with Gasteiger partial charge in [-0.1, -0.05) is 30.7 Å². The van der Waals surface area contributed by atoms with Gasteiger partial charge in [0.2, 0.25) is 0 Å². The van der Waals surface area contributed by atoms with Crippen LogP contribution in [0.2, 0.25) is 5.02 Å². The lowest BCUT2D eigenvalue weighted by molar-refractivity contribution is 0.0281. The first-order chi connectivity index (χ1) is 15.6. The molecule has 1 amide bonds. The van der Waals surface area contributed by atoms with Crippen molar-refractivity contribution in [3.05, 3.63) is 53.1 Å². The van der Waals surface area contributed by atoms with Gasteiger partial charge in [0.05, 0.1) is 16.7 Å². The van der Waals surface area contributed by atoms with Crippen LogP contribution in [0.4, 0.5) is 5.69 Å². The summed E-state index contributed by atoms with van der Waals surface area (Å²) in [5, 5.41) is 3.53. The number of carbonyl (C=O) groups excluding carboxylic acids is 1. The average molecular weight is 496 g/mol. The zero-order chi connectivity index (χ0) is 24.2. The highest BCUT2D eigenvalue weighted by Crippen LogP contribution is 2.28. The standard InChI is InChI=1S/C23H30ClN3O5S/c1-15-12-25-16(2)14-32-20-10-9-17(11-18(20)23(28)27(3)13-21(15)31-4)26-33(29,30)22-8-6-5-7-19(22)24/h5-11,15-16,21,25-26H,12-14H2,1-4H3/t15-,16+,21-/m1/s1. The molecule has 180 valence electrons. The fourth-order valence-electron chi connectivity index (χ4n) is 3.60. The van der Waals surface area contributed by atoms with Crippen LogP contribution in [0.15, 0.2) is 47.4 Å². The summed E-state index contributed by atoms with van der Waals surface area (Å²) >= 11 is 6.07. The number of halogens is 1. The first-order valence-corrected chi connectivity index (χ1v) is 12.5. The summed E-state index contributed by atoms with van der Waals surface area (Å²) in [6.45, 7) is 5.51. The van der Waals surface area contributed by atoms with Gasteiger partial charge in [-0.3, -0.25) is 9.52 Å². The van der Waals surface area contributed by atoms with E-state index in [1.807, 2.05) is 6.92 Å². The molecule has 1 heterocycles. The van der Waals surface area contributed by atoms with Gasteiger partial charge in [0.25, 0.3) is 15.9 Å². The highest BCUT2D eigenvalue weighted by molar-refractivity contribution is 7.92. The third kappa shape index (κ3) is 6.17. The van der Waals surface area contributed by atoms with Crippen molar-refractivity contribution in [1.29, 1.82) is 0 Å². The molecule has 33 heavy (non-hydrogen) atoms. The normalized spacial score (nSPS) is 22.5. The number of methoxy groups -OCH3 is 1. The summed E-state index contributed by atoms with van der Waals surface area (Å²) < 4.78 is 39.8. The van der Waals surface area contributed by atoms with Crippen molar-refractivity contribution < 1.29 is 22.7 Å². The SMILES string of the molecule is CO[C@@H]1CN(C)C(=O)c2cc(NS(=O)(=O)c3ccccc3Cl)ccc2OC[C@H](C)NC[C@H]1C. The topological polar surface area (TPSA) is 97.0 Å². The maximum Gasteiger partial charge on any atom is 0.263 e. The highest BCUT2D eigenvalue weighted by atomic mass is 35.5. The van der Waals surface area contributed by atoms with Crippen LogP contribution in [-0.2, 0) is 14.8 Å². The molecule has 0 bridgehead atoms. The van der Waals surface area contributed by atoms with Gasteiger partial charge in [-0.05, 0) is 43.2 Å². The van der Waals surface area contributed by atoms with E-state index >= 15 is 0 Å². The Labute approximate surface area is 200 Å². The van der Waals surface area contributed by atoms with Gasteiger partial charge >= 0.3 is 0 Å². The van der Waals surface area contributed by atoms with Crippen molar-refractivity contribution in [2.45, 2.75) is 30.9 Å². The number of nitrogens with zero attached hydrogens (tertiary/aromatic N) is 1. The highest BCUT2D eigenvalue weighted by Gasteiger charge is 2.26. The Kier molecular flexibility index (Phi) is 8.23. The summed E-state index contributed by atoms with van der Waals surface area (Å²) in [5.41, 5.74) is 0.487. The zero-order valence-corrected chi connectivity index (χ0v) is 20.7. The molecule has 2 N–H and O–H groups in total. The predicted octanol–water partition coefficient (Wildman–Crippen LogP) is 3.23. The van der Waals surface area contributed by atoms with Gasteiger partial charge in [-0.15, -0.1) is 0 Å². The number of hydrogen-bond acceptors (Lipinski definition) is 6. The maximum atomic E-state index is 13.3. The van der Waals surface area contributed by atoms with Crippen molar-refractivity contribution >= 4 is 33.2 Å². The van der Waals surface area contributed by atoms with Gasteiger partial charge in [-0.25, -0.2) is 8.42 Å². The molecule has 10 heteroatoms. The molecule has 0 fully saturated rings. The average Bonchev–Trinajstić information content (AvgIpc) is 2.78. The monoisotopic (exact) mass is 495 g/mol. The van der Waals surface area contributed by atoms with E-state index in [2.05, 4.69) is 17.0 Å². The first-order valence-electron chi connectivity index (χ1n) is 10.7. The van der Waals surface area contributed by atoms with Gasteiger partial charge in [0, 0.05) is 39.0 Å². The van der Waals surface area contributed by atoms with Crippen molar-refractivity contribution in [3.8, 4) is 5.75 Å². The molecule has 0 aromatic heterocycles. The number of amides is 1. The summed E-state index contributed by atoms with van der Waals surface area (Å²) in [5.74, 6) is 0.253. The molecule has 2 aromatic carbocycles. The second-order valence-electron chi connectivity index (χ2n) is 8.30. The number of carbonyl (C=O) groups is 1. The Morgan fingerprint density at radius 3 is 2.64 bits per heavy atom. The number of likely N-dealkylation sites (N-methyl/N-ethyl adjacent to an activating group) is 1. The van der Waals surface area contributed by atoms with Crippen LogP contribution in [0, 0.1) is 5.92 Å². The van der Waals surface area contributed by atoms with E-state index in [-0.39, 0.29) is 45.1 Å². The summed E-state index contributed by atoms with van der Waals surface area (Å²) in [4.78, 5) is 14.8. The number of anilines is 1. The number of benzene rings is 2. The first kappa shape index (κ1) is 25.3. The summed E-state index contributed by atoms with van der Waals surface area (Å²) in [7, 11) is -0.628. The van der Waals surface area contributed by atoms with Gasteiger partial charge in [0.1, 0.15) is 17.3 Å². The van der Waals surface area contributed by atoms with Crippen molar-refractivity contribution in [1.82, 2.24) is 10.2 Å². The fourth-order valence-corrected chi connectivity index (χ4v) is 5.17. The number of sulfonamides is 1. The molecule has 0 saturated heterocycles. The van der Waals surface area contributed by atoms with Gasteiger partial charge < -0.3 is 19.7 Å². The quantitative estimate of drug-likeness (QED) is 0.676. The molecule has 0 saturated carbocycles. The van der Waals surface area contributed by atoms with Crippen LogP contribution < -0.4 is 14.8 Å². The lowest BCUT2D eigenvalue weighted by Crippen LogP contribution is -2.44. The lowest BCUT2D eigenvalue weighted by Gasteiger charge is -2.30. The Morgan fingerprint density at radius 2 is 1.94 bits per heavy atom. The van der Waals surface area contributed by atoms with Crippen LogP contribution in [0.1, 0.15) is 24.2 Å². The van der Waals surface area contributed by atoms with E-state index in [0.717, 1.165) is 6.54 Å². The molecule has 3 rings (SSSR count). The van der Waals surface area contributed by atoms with Crippen LogP contribution in [-0.4, -0.2) is 65.2 Å². The molecule has 0 aliphatic carbocycles. The van der Waals surface area contributed by atoms with Crippen molar-refractivity contribution in [2.24, 2.45) is 5.92 Å². The summed E-state index contributed by atoms with van der Waals surface area (Å²) in [6, 6.07) is 10.9. The van der Waals surface area contributed by atoms with Crippen molar-refractivity contribution in [2.75, 3.05) is 38.6 Å². The molecule has 2 aromatic rings. The van der Waals surface area contributed by atoms with E-state index in [0.29, 0.717) is 18.9 Å². The summed E-state index contributed by atoms with van der Waals surface area (Å²) in [6.07, 6.45) is -0.163. The number of fused-ring (bicyclic) bond motifs is 1. The van der Waals surface area contributed by atoms with E-state index in [1.54, 1.807) is 43.3 Å². The van der Waals surface area contributed by atoms with Crippen LogP contribution >= 0.6 is 11.6 Å². The van der Waals surface area contributed by atoms with Crippen LogP contribution in [0.25, 0.3) is 0 Å². The Balaban J connectivity index is 1.95. The number of rotatable bonds is 4. The minimum Gasteiger partial charge on any atom is -0.491 e. The molecule has 1 aliphatic heterocycles. The largest absolute Gasteiger partial charge is 0.491 e. The van der Waals surface area contributed by atoms with Gasteiger partial charge in [-0.2, -0.15) is 0 Å². The molecular weight excluding hydrogens is 466 g/mol. The maximum absolute atomic E-state index is 13.3. The number of hydrogen-bond donors (Lipinski definition) is 2. The molecule has 0 unspecified atom stereocenters. The molecule has 0 spiro atoms. The lowest BCUT2D eigenvalue weighted by atomic mass is 10.0. The van der Waals surface area contributed by atoms with Crippen LogP contribution in [0.5, 0.6) is 5.75 Å². The van der Waals surface area contributed by atoms with E-state index in [9.17, 15) is 13.2 Å². The van der Waals surface area contributed by atoms with E-state index in [4.69, 9.17) is 21.1 Å². The Bertz CT molecular complexity index is 1100. The molecule has 0 radical (unpaired) electrons. The minimum absolute atomic E-state index is 0.0449. The fraction of sp³-hybridized carbons (Fsp3) is 0.435. The molecular formula is C23H30ClN3O5S. The second kappa shape index (κ2) is 10.7. The number of nitrogens with one attached hydrogen (secondary N) is 2. The minimum atomic E-state index is -3.95. The van der Waals surface area contributed by atoms with Gasteiger partial charge in [0.15, 0.2) is 0 Å². The smallest absolute Gasteiger partial charge is 0.263 e.